The van der Waals surface area contributed by atoms with Crippen LogP contribution in [0.25, 0.3) is 0 Å². The number of rotatable bonds is 5. The molecule has 2 heterocycles. The minimum absolute atomic E-state index is 0.0359. The van der Waals surface area contributed by atoms with Gasteiger partial charge in [-0.05, 0) is 37.0 Å². The van der Waals surface area contributed by atoms with Crippen LogP contribution in [0.5, 0.6) is 5.75 Å². The molecule has 2 aliphatic rings. The van der Waals surface area contributed by atoms with Gasteiger partial charge in [0.05, 0.1) is 19.2 Å². The number of fused-ring (bicyclic) bond motifs is 1. The number of ether oxygens (including phenoxy) is 1. The van der Waals surface area contributed by atoms with Gasteiger partial charge in [-0.3, -0.25) is 9.69 Å². The van der Waals surface area contributed by atoms with Gasteiger partial charge in [0.2, 0.25) is 5.91 Å². The van der Waals surface area contributed by atoms with Gasteiger partial charge in [-0.25, -0.2) is 0 Å². The van der Waals surface area contributed by atoms with Crippen LogP contribution < -0.4 is 15.0 Å². The molecule has 2 aromatic rings. The first-order valence-corrected chi connectivity index (χ1v) is 10.5. The maximum Gasteiger partial charge on any atom is 0.239 e. The van der Waals surface area contributed by atoms with Crippen LogP contribution in [0.2, 0.25) is 0 Å². The van der Waals surface area contributed by atoms with Gasteiger partial charge in [0.25, 0.3) is 0 Å². The second kappa shape index (κ2) is 8.21. The number of hydrogen-bond acceptors (Lipinski definition) is 6. The SMILES string of the molecule is COc1cccc(N2CCN(CC(=O)Nc3sc4c(c3C#N)CCC4)CC2)c1. The molecule has 1 amide bonds. The lowest BCUT2D eigenvalue weighted by Gasteiger charge is -2.35. The first-order valence-electron chi connectivity index (χ1n) is 9.64. The molecule has 0 radical (unpaired) electrons. The number of piperazine rings is 1. The molecule has 146 valence electrons. The third-order valence-electron chi connectivity index (χ3n) is 5.44. The smallest absolute Gasteiger partial charge is 0.239 e. The van der Waals surface area contributed by atoms with E-state index in [9.17, 15) is 10.1 Å². The van der Waals surface area contributed by atoms with Crippen molar-refractivity contribution in [2.75, 3.05) is 50.1 Å². The predicted octanol–water partition coefficient (Wildman–Crippen LogP) is 2.88. The summed E-state index contributed by atoms with van der Waals surface area (Å²) in [5.74, 6) is 0.821. The van der Waals surface area contributed by atoms with Crippen LogP contribution in [0.4, 0.5) is 10.7 Å². The van der Waals surface area contributed by atoms with Gasteiger partial charge in [-0.2, -0.15) is 5.26 Å². The Morgan fingerprint density at radius 1 is 1.29 bits per heavy atom. The molecular weight excluding hydrogens is 372 g/mol. The minimum Gasteiger partial charge on any atom is -0.497 e. The number of nitrogens with zero attached hydrogens (tertiary/aromatic N) is 3. The molecule has 1 aromatic carbocycles. The fourth-order valence-corrected chi connectivity index (χ4v) is 5.21. The quantitative estimate of drug-likeness (QED) is 0.842. The highest BCUT2D eigenvalue weighted by molar-refractivity contribution is 7.16. The van der Waals surface area contributed by atoms with Crippen molar-refractivity contribution in [3.05, 3.63) is 40.3 Å². The van der Waals surface area contributed by atoms with Gasteiger partial charge in [0.1, 0.15) is 16.8 Å². The van der Waals surface area contributed by atoms with Crippen LogP contribution in [0, 0.1) is 11.3 Å². The summed E-state index contributed by atoms with van der Waals surface area (Å²) >= 11 is 1.57. The average molecular weight is 397 g/mol. The summed E-state index contributed by atoms with van der Waals surface area (Å²) in [5, 5.41) is 13.2. The molecule has 0 saturated carbocycles. The first kappa shape index (κ1) is 18.8. The van der Waals surface area contributed by atoms with E-state index in [-0.39, 0.29) is 5.91 Å². The van der Waals surface area contributed by atoms with Crippen molar-refractivity contribution in [3.8, 4) is 11.8 Å². The minimum atomic E-state index is -0.0359. The number of hydrogen-bond donors (Lipinski definition) is 1. The summed E-state index contributed by atoms with van der Waals surface area (Å²) in [6.07, 6.45) is 3.09. The molecule has 1 N–H and O–H groups in total. The molecule has 0 unspecified atom stereocenters. The van der Waals surface area contributed by atoms with Gasteiger partial charge in [-0.1, -0.05) is 6.07 Å². The third-order valence-corrected chi connectivity index (χ3v) is 6.65. The predicted molar refractivity (Wildman–Crippen MR) is 111 cm³/mol. The van der Waals surface area contributed by atoms with Gasteiger partial charge >= 0.3 is 0 Å². The van der Waals surface area contributed by atoms with E-state index in [1.165, 1.54) is 4.88 Å². The van der Waals surface area contributed by atoms with Crippen molar-refractivity contribution in [1.82, 2.24) is 4.90 Å². The van der Waals surface area contributed by atoms with Crippen molar-refractivity contribution >= 4 is 27.9 Å². The molecule has 7 heteroatoms. The van der Waals surface area contributed by atoms with E-state index in [4.69, 9.17) is 4.74 Å². The summed E-state index contributed by atoms with van der Waals surface area (Å²) in [7, 11) is 1.68. The second-order valence-electron chi connectivity index (χ2n) is 7.19. The van der Waals surface area contributed by atoms with Crippen molar-refractivity contribution in [3.63, 3.8) is 0 Å². The van der Waals surface area contributed by atoms with E-state index >= 15 is 0 Å². The van der Waals surface area contributed by atoms with E-state index in [2.05, 4.69) is 27.3 Å². The van der Waals surface area contributed by atoms with Crippen LogP contribution in [0.15, 0.2) is 24.3 Å². The van der Waals surface area contributed by atoms with E-state index in [1.54, 1.807) is 18.4 Å². The molecule has 28 heavy (non-hydrogen) atoms. The Hall–Kier alpha value is -2.56. The molecule has 0 spiro atoms. The largest absolute Gasteiger partial charge is 0.497 e. The number of nitrogens with one attached hydrogen (secondary N) is 1. The molecule has 4 rings (SSSR count). The maximum atomic E-state index is 12.5. The molecule has 1 aromatic heterocycles. The molecule has 1 saturated heterocycles. The lowest BCUT2D eigenvalue weighted by Crippen LogP contribution is -2.48. The Balaban J connectivity index is 1.31. The molecule has 1 aliphatic carbocycles. The highest BCUT2D eigenvalue weighted by atomic mass is 32.1. The molecule has 1 fully saturated rings. The van der Waals surface area contributed by atoms with Crippen molar-refractivity contribution < 1.29 is 9.53 Å². The number of aryl methyl sites for hydroxylation is 1. The number of nitriles is 1. The number of thiophene rings is 1. The Morgan fingerprint density at radius 3 is 2.86 bits per heavy atom. The zero-order chi connectivity index (χ0) is 19.5. The summed E-state index contributed by atoms with van der Waals surface area (Å²) in [4.78, 5) is 18.3. The van der Waals surface area contributed by atoms with E-state index in [0.717, 1.165) is 67.4 Å². The second-order valence-corrected chi connectivity index (χ2v) is 8.29. The fourth-order valence-electron chi connectivity index (χ4n) is 3.95. The topological polar surface area (TPSA) is 68.6 Å². The van der Waals surface area contributed by atoms with E-state index in [0.29, 0.717) is 12.1 Å². The summed E-state index contributed by atoms with van der Waals surface area (Å²) in [6, 6.07) is 10.4. The summed E-state index contributed by atoms with van der Waals surface area (Å²) in [5.41, 5.74) is 2.97. The Kier molecular flexibility index (Phi) is 5.51. The summed E-state index contributed by atoms with van der Waals surface area (Å²) < 4.78 is 5.31. The first-order chi connectivity index (χ1) is 13.7. The van der Waals surface area contributed by atoms with Crippen LogP contribution in [-0.2, 0) is 17.6 Å². The Labute approximate surface area is 169 Å². The number of amides is 1. The number of methoxy groups -OCH3 is 1. The lowest BCUT2D eigenvalue weighted by molar-refractivity contribution is -0.117. The van der Waals surface area contributed by atoms with Crippen LogP contribution in [-0.4, -0.2) is 50.6 Å². The van der Waals surface area contributed by atoms with Crippen LogP contribution in [0.3, 0.4) is 0 Å². The molecule has 1 aliphatic heterocycles. The van der Waals surface area contributed by atoms with Gasteiger partial charge in [0.15, 0.2) is 0 Å². The highest BCUT2D eigenvalue weighted by Gasteiger charge is 2.24. The maximum absolute atomic E-state index is 12.5. The van der Waals surface area contributed by atoms with E-state index < -0.39 is 0 Å². The Morgan fingerprint density at radius 2 is 2.11 bits per heavy atom. The third kappa shape index (κ3) is 3.84. The van der Waals surface area contributed by atoms with Crippen LogP contribution in [0.1, 0.15) is 22.4 Å². The monoisotopic (exact) mass is 396 g/mol. The van der Waals surface area contributed by atoms with Crippen molar-refractivity contribution in [2.45, 2.75) is 19.3 Å². The molecule has 6 nitrogen and oxygen atoms in total. The number of anilines is 2. The van der Waals surface area contributed by atoms with Gasteiger partial charge in [0, 0.05) is 42.8 Å². The fraction of sp³-hybridized carbons (Fsp3) is 0.429. The zero-order valence-corrected chi connectivity index (χ0v) is 16.8. The van der Waals surface area contributed by atoms with Gasteiger partial charge in [-0.15, -0.1) is 11.3 Å². The van der Waals surface area contributed by atoms with Crippen molar-refractivity contribution in [1.29, 1.82) is 5.26 Å². The van der Waals surface area contributed by atoms with Crippen LogP contribution >= 0.6 is 11.3 Å². The highest BCUT2D eigenvalue weighted by Crippen LogP contribution is 2.38. The zero-order valence-electron chi connectivity index (χ0n) is 16.0. The molecule has 0 atom stereocenters. The number of benzene rings is 1. The lowest BCUT2D eigenvalue weighted by atomic mass is 10.1. The standard InChI is InChI=1S/C21H24N4O2S/c1-27-16-5-2-4-15(12-16)25-10-8-24(9-11-25)14-20(26)23-21-18(13-22)17-6-3-7-19(17)28-21/h2,4-5,12H,3,6-11,14H2,1H3,(H,23,26). The molecular formula is C21H24N4O2S. The van der Waals surface area contributed by atoms with Crippen molar-refractivity contribution in [2.24, 2.45) is 0 Å². The normalized spacial score (nSPS) is 16.5. The van der Waals surface area contributed by atoms with E-state index in [1.807, 2.05) is 18.2 Å². The van der Waals surface area contributed by atoms with Gasteiger partial charge < -0.3 is 15.0 Å². The Bertz CT molecular complexity index is 910. The molecule has 0 bridgehead atoms. The number of carbonyl (C=O) groups is 1. The number of carbonyl (C=O) groups excluding carboxylic acids is 1. The average Bonchev–Trinajstić information content (AvgIpc) is 3.29. The summed E-state index contributed by atoms with van der Waals surface area (Å²) in [6.45, 7) is 3.77.